The Kier molecular flexibility index (Phi) is 5.78. The minimum absolute atomic E-state index is 0.243. The number of oxime groups is 1. The summed E-state index contributed by atoms with van der Waals surface area (Å²) in [5.41, 5.74) is 2.18. The van der Waals surface area contributed by atoms with Gasteiger partial charge in [-0.05, 0) is 49.4 Å². The number of amides is 1. The Morgan fingerprint density at radius 2 is 2.08 bits per heavy atom. The Hall–Kier alpha value is -2.54. The van der Waals surface area contributed by atoms with Crippen molar-refractivity contribution in [2.24, 2.45) is 5.16 Å². The molecule has 0 bridgehead atoms. The van der Waals surface area contributed by atoms with Crippen LogP contribution in [-0.2, 0) is 9.63 Å². The first-order chi connectivity index (χ1) is 12.6. The van der Waals surface area contributed by atoms with E-state index in [1.54, 1.807) is 31.4 Å². The molecule has 7 heteroatoms. The molecular formula is C19H19BrN2O4. The third kappa shape index (κ3) is 4.16. The molecule has 3 rings (SSSR count). The summed E-state index contributed by atoms with van der Waals surface area (Å²) in [7, 11) is 1.60. The molecule has 2 aromatic carbocycles. The first kappa shape index (κ1) is 18.3. The van der Waals surface area contributed by atoms with Crippen molar-refractivity contribution in [3.8, 4) is 11.5 Å². The van der Waals surface area contributed by atoms with Gasteiger partial charge in [-0.2, -0.15) is 0 Å². The van der Waals surface area contributed by atoms with Crippen LogP contribution in [0, 0.1) is 0 Å². The van der Waals surface area contributed by atoms with Crippen LogP contribution >= 0.6 is 15.9 Å². The maximum atomic E-state index is 12.6. The topological polar surface area (TPSA) is 69.2 Å². The van der Waals surface area contributed by atoms with Gasteiger partial charge in [0.25, 0.3) is 5.91 Å². The van der Waals surface area contributed by atoms with Crippen LogP contribution in [0.5, 0.6) is 11.5 Å². The molecule has 0 radical (unpaired) electrons. The normalized spacial score (nSPS) is 17.2. The number of nitrogens with one attached hydrogen (secondary N) is 1. The Morgan fingerprint density at radius 3 is 2.77 bits per heavy atom. The van der Waals surface area contributed by atoms with Gasteiger partial charge < -0.3 is 19.6 Å². The number of hydrogen-bond acceptors (Lipinski definition) is 5. The smallest absolute Gasteiger partial charge is 0.265 e. The number of nitrogens with zero attached hydrogens (tertiary/aromatic N) is 1. The van der Waals surface area contributed by atoms with Gasteiger partial charge in [-0.3, -0.25) is 4.79 Å². The third-order valence-electron chi connectivity index (χ3n) is 3.85. The Morgan fingerprint density at radius 1 is 1.31 bits per heavy atom. The van der Waals surface area contributed by atoms with Crippen LogP contribution in [-0.4, -0.2) is 31.4 Å². The molecule has 1 N–H and O–H groups in total. The van der Waals surface area contributed by atoms with Gasteiger partial charge in [0.2, 0.25) is 0 Å². The molecule has 0 aromatic heterocycles. The lowest BCUT2D eigenvalue weighted by molar-refractivity contribution is -0.122. The summed E-state index contributed by atoms with van der Waals surface area (Å²) in [5.74, 6) is 1.09. The van der Waals surface area contributed by atoms with Crippen molar-refractivity contribution in [2.45, 2.75) is 19.4 Å². The Labute approximate surface area is 160 Å². The molecule has 0 saturated carbocycles. The van der Waals surface area contributed by atoms with Gasteiger partial charge in [-0.15, -0.1) is 0 Å². The van der Waals surface area contributed by atoms with Crippen LogP contribution in [0.15, 0.2) is 52.1 Å². The van der Waals surface area contributed by atoms with E-state index in [0.717, 1.165) is 15.8 Å². The van der Waals surface area contributed by atoms with Crippen LogP contribution in [0.2, 0.25) is 0 Å². The minimum atomic E-state index is -0.690. The fraction of sp³-hybridized carbons (Fsp3) is 0.263. The molecular weight excluding hydrogens is 400 g/mol. The lowest BCUT2D eigenvalue weighted by atomic mass is 9.99. The summed E-state index contributed by atoms with van der Waals surface area (Å²) in [4.78, 5) is 17.9. The van der Waals surface area contributed by atoms with Crippen molar-refractivity contribution in [3.63, 3.8) is 0 Å². The first-order valence-corrected chi connectivity index (χ1v) is 9.00. The molecule has 1 aliphatic rings. The van der Waals surface area contributed by atoms with Crippen molar-refractivity contribution >= 4 is 33.2 Å². The van der Waals surface area contributed by atoms with Gasteiger partial charge in [0, 0.05) is 22.1 Å². The molecule has 1 atom stereocenters. The summed E-state index contributed by atoms with van der Waals surface area (Å²) in [6.45, 7) is 2.31. The highest BCUT2D eigenvalue weighted by Gasteiger charge is 2.31. The minimum Gasteiger partial charge on any atom is -0.497 e. The van der Waals surface area contributed by atoms with Gasteiger partial charge in [-0.1, -0.05) is 21.1 Å². The van der Waals surface area contributed by atoms with Crippen LogP contribution in [0.25, 0.3) is 0 Å². The quantitative estimate of drug-likeness (QED) is 0.745. The summed E-state index contributed by atoms with van der Waals surface area (Å²) in [6.07, 6.45) is -0.365. The number of hydrogen-bond donors (Lipinski definition) is 1. The average molecular weight is 419 g/mol. The Balaban J connectivity index is 1.79. The number of carbonyl (C=O) groups excluding carboxylic acids is 1. The van der Waals surface area contributed by atoms with Crippen molar-refractivity contribution in [1.29, 1.82) is 0 Å². The summed E-state index contributed by atoms with van der Waals surface area (Å²) >= 11 is 3.45. The number of rotatable bonds is 5. The fourth-order valence-electron chi connectivity index (χ4n) is 2.58. The predicted molar refractivity (Wildman–Crippen MR) is 103 cm³/mol. The van der Waals surface area contributed by atoms with Crippen LogP contribution in [0.1, 0.15) is 18.9 Å². The molecule has 0 spiro atoms. The molecule has 6 nitrogen and oxygen atoms in total. The van der Waals surface area contributed by atoms with Crippen LogP contribution < -0.4 is 14.8 Å². The summed E-state index contributed by atoms with van der Waals surface area (Å²) < 4.78 is 11.9. The zero-order valence-electron chi connectivity index (χ0n) is 14.5. The molecule has 1 heterocycles. The largest absolute Gasteiger partial charge is 0.497 e. The van der Waals surface area contributed by atoms with E-state index in [2.05, 4.69) is 26.4 Å². The molecule has 26 heavy (non-hydrogen) atoms. The van der Waals surface area contributed by atoms with E-state index >= 15 is 0 Å². The lowest BCUT2D eigenvalue weighted by Crippen LogP contribution is -2.38. The molecule has 0 fully saturated rings. The van der Waals surface area contributed by atoms with Gasteiger partial charge >= 0.3 is 0 Å². The van der Waals surface area contributed by atoms with Crippen molar-refractivity contribution < 1.29 is 19.1 Å². The number of methoxy groups -OCH3 is 1. The summed E-state index contributed by atoms with van der Waals surface area (Å²) in [6, 6.07) is 12.7. The van der Waals surface area contributed by atoms with Crippen LogP contribution in [0.4, 0.5) is 5.69 Å². The Bertz CT molecular complexity index is 821. The highest BCUT2D eigenvalue weighted by atomic mass is 79.9. The molecule has 1 amide bonds. The van der Waals surface area contributed by atoms with Crippen molar-refractivity contribution in [2.75, 3.05) is 19.0 Å². The SMILES string of the molecule is CCO/N=C1\CC(C(=O)Nc2ccc(OC)cc2)Oc2ccc(Br)cc21. The predicted octanol–water partition coefficient (Wildman–Crippen LogP) is 3.99. The van der Waals surface area contributed by atoms with Gasteiger partial charge in [-0.25, -0.2) is 0 Å². The molecule has 1 unspecified atom stereocenters. The second-order valence-corrected chi connectivity index (χ2v) is 6.54. The van der Waals surface area contributed by atoms with E-state index in [-0.39, 0.29) is 5.91 Å². The fourth-order valence-corrected chi connectivity index (χ4v) is 2.94. The molecule has 0 saturated heterocycles. The number of benzene rings is 2. The molecule has 1 aliphatic heterocycles. The van der Waals surface area contributed by atoms with Gasteiger partial charge in [0.05, 0.1) is 12.8 Å². The number of carbonyl (C=O) groups is 1. The average Bonchev–Trinajstić information content (AvgIpc) is 2.66. The lowest BCUT2D eigenvalue weighted by Gasteiger charge is -2.26. The summed E-state index contributed by atoms with van der Waals surface area (Å²) in [5, 5.41) is 7.02. The van der Waals surface area contributed by atoms with E-state index in [9.17, 15) is 4.79 Å². The highest BCUT2D eigenvalue weighted by molar-refractivity contribution is 9.10. The number of anilines is 1. The van der Waals surface area contributed by atoms with E-state index in [1.807, 2.05) is 25.1 Å². The maximum absolute atomic E-state index is 12.6. The van der Waals surface area contributed by atoms with Crippen LogP contribution in [0.3, 0.4) is 0 Å². The number of fused-ring (bicyclic) bond motifs is 1. The zero-order valence-corrected chi connectivity index (χ0v) is 16.1. The van der Waals surface area contributed by atoms with Gasteiger partial charge in [0.15, 0.2) is 6.10 Å². The number of halogens is 1. The van der Waals surface area contributed by atoms with Gasteiger partial charge in [0.1, 0.15) is 18.1 Å². The molecule has 136 valence electrons. The van der Waals surface area contributed by atoms with Crippen molar-refractivity contribution in [1.82, 2.24) is 0 Å². The second-order valence-electron chi connectivity index (χ2n) is 5.62. The molecule has 2 aromatic rings. The van der Waals surface area contributed by atoms with E-state index < -0.39 is 6.10 Å². The maximum Gasteiger partial charge on any atom is 0.265 e. The third-order valence-corrected chi connectivity index (χ3v) is 4.35. The van der Waals surface area contributed by atoms with Crippen molar-refractivity contribution in [3.05, 3.63) is 52.5 Å². The zero-order chi connectivity index (χ0) is 18.5. The first-order valence-electron chi connectivity index (χ1n) is 8.21. The standard InChI is InChI=1S/C19H19BrN2O4/c1-3-25-22-16-11-18(26-17-9-4-12(20)10-15(16)17)19(23)21-13-5-7-14(24-2)8-6-13/h4-10,18H,3,11H2,1-2H3,(H,21,23)/b22-16+. The number of ether oxygens (including phenoxy) is 2. The second kappa shape index (κ2) is 8.23. The van der Waals surface area contributed by atoms with E-state index in [4.69, 9.17) is 14.3 Å². The monoisotopic (exact) mass is 418 g/mol. The van der Waals surface area contributed by atoms with E-state index in [0.29, 0.717) is 30.2 Å². The molecule has 0 aliphatic carbocycles. The highest BCUT2D eigenvalue weighted by Crippen LogP contribution is 2.31. The van der Waals surface area contributed by atoms with E-state index in [1.165, 1.54) is 0 Å².